The van der Waals surface area contributed by atoms with Crippen LogP contribution in [0.25, 0.3) is 0 Å². The summed E-state index contributed by atoms with van der Waals surface area (Å²) in [5.74, 6) is 0.0577. The highest BCUT2D eigenvalue weighted by molar-refractivity contribution is 7.98. The molecular weight excluding hydrogens is 306 g/mol. The van der Waals surface area contributed by atoms with Crippen LogP contribution in [0.1, 0.15) is 10.4 Å². The third-order valence-corrected chi connectivity index (χ3v) is 5.28. The van der Waals surface area contributed by atoms with E-state index >= 15 is 0 Å². The first kappa shape index (κ1) is 15.2. The first-order valence-electron chi connectivity index (χ1n) is 7.26. The van der Waals surface area contributed by atoms with Crippen LogP contribution >= 0.6 is 23.4 Å². The Morgan fingerprint density at radius 3 is 2.71 bits per heavy atom. The summed E-state index contributed by atoms with van der Waals surface area (Å²) in [6, 6.07) is 6.17. The maximum absolute atomic E-state index is 12.5. The number of carbonyl (C=O) groups is 1. The number of nitrogens with zero attached hydrogens (tertiary/aromatic N) is 2. The summed E-state index contributed by atoms with van der Waals surface area (Å²) in [7, 11) is 0. The quantitative estimate of drug-likeness (QED) is 0.860. The Balaban J connectivity index is 1.62. The number of hydrogen-bond donors (Lipinski definition) is 1. The highest BCUT2D eigenvalue weighted by Crippen LogP contribution is 2.26. The molecular formula is C15H20ClN3OS. The monoisotopic (exact) mass is 325 g/mol. The SMILES string of the molecule is CSc1ccc(Cl)c(C(=O)N2CC(N3CCNCC3)C2)c1. The molecule has 1 amide bonds. The van der Waals surface area contributed by atoms with Gasteiger partial charge in [0.15, 0.2) is 0 Å². The summed E-state index contributed by atoms with van der Waals surface area (Å²) in [6.45, 7) is 5.89. The standard InChI is InChI=1S/C15H20ClN3OS/c1-21-12-2-3-14(16)13(8-12)15(20)19-9-11(10-19)18-6-4-17-5-7-18/h2-3,8,11,17H,4-7,9-10H2,1H3. The fourth-order valence-corrected chi connectivity index (χ4v) is 3.50. The van der Waals surface area contributed by atoms with E-state index in [1.807, 2.05) is 29.4 Å². The fourth-order valence-electron chi connectivity index (χ4n) is 2.86. The number of hydrogen-bond acceptors (Lipinski definition) is 4. The Labute approximate surface area is 134 Å². The lowest BCUT2D eigenvalue weighted by atomic mass is 10.0. The Bertz CT molecular complexity index is 528. The molecule has 114 valence electrons. The van der Waals surface area contributed by atoms with Crippen molar-refractivity contribution in [3.05, 3.63) is 28.8 Å². The van der Waals surface area contributed by atoms with Crippen LogP contribution in [-0.4, -0.2) is 67.3 Å². The molecule has 2 heterocycles. The van der Waals surface area contributed by atoms with Crippen molar-refractivity contribution >= 4 is 29.3 Å². The maximum Gasteiger partial charge on any atom is 0.255 e. The minimum absolute atomic E-state index is 0.0577. The second-order valence-electron chi connectivity index (χ2n) is 5.50. The van der Waals surface area contributed by atoms with E-state index in [0.29, 0.717) is 16.6 Å². The summed E-state index contributed by atoms with van der Waals surface area (Å²) in [5, 5.41) is 3.90. The van der Waals surface area contributed by atoms with Gasteiger partial charge in [-0.05, 0) is 24.5 Å². The zero-order valence-electron chi connectivity index (χ0n) is 12.1. The van der Waals surface area contributed by atoms with Gasteiger partial charge in [-0.1, -0.05) is 11.6 Å². The number of nitrogens with one attached hydrogen (secondary N) is 1. The van der Waals surface area contributed by atoms with E-state index in [4.69, 9.17) is 11.6 Å². The lowest BCUT2D eigenvalue weighted by Gasteiger charge is -2.46. The average Bonchev–Trinajstić information content (AvgIpc) is 2.47. The Morgan fingerprint density at radius 2 is 2.05 bits per heavy atom. The van der Waals surface area contributed by atoms with Crippen LogP contribution in [-0.2, 0) is 0 Å². The molecule has 0 aliphatic carbocycles. The average molecular weight is 326 g/mol. The summed E-state index contributed by atoms with van der Waals surface area (Å²) in [5.41, 5.74) is 0.627. The molecule has 0 radical (unpaired) electrons. The van der Waals surface area contributed by atoms with E-state index in [2.05, 4.69) is 10.2 Å². The van der Waals surface area contributed by atoms with E-state index in [-0.39, 0.29) is 5.91 Å². The van der Waals surface area contributed by atoms with Crippen molar-refractivity contribution in [2.24, 2.45) is 0 Å². The number of halogens is 1. The van der Waals surface area contributed by atoms with E-state index in [9.17, 15) is 4.79 Å². The molecule has 2 saturated heterocycles. The van der Waals surface area contributed by atoms with Gasteiger partial charge >= 0.3 is 0 Å². The molecule has 2 aliphatic heterocycles. The molecule has 6 heteroatoms. The number of likely N-dealkylation sites (tertiary alicyclic amines) is 1. The van der Waals surface area contributed by atoms with E-state index in [1.54, 1.807) is 11.8 Å². The Hall–Kier alpha value is -0.750. The van der Waals surface area contributed by atoms with Crippen molar-refractivity contribution in [2.45, 2.75) is 10.9 Å². The first-order valence-corrected chi connectivity index (χ1v) is 8.87. The molecule has 0 spiro atoms. The normalized spacial score (nSPS) is 20.4. The number of carbonyl (C=O) groups excluding carboxylic acids is 1. The van der Waals surface area contributed by atoms with Crippen molar-refractivity contribution in [2.75, 3.05) is 45.5 Å². The van der Waals surface area contributed by atoms with Crippen LogP contribution in [0, 0.1) is 0 Å². The number of amides is 1. The van der Waals surface area contributed by atoms with Crippen molar-refractivity contribution in [3.8, 4) is 0 Å². The molecule has 1 aromatic rings. The van der Waals surface area contributed by atoms with Gasteiger partial charge in [0.1, 0.15) is 0 Å². The van der Waals surface area contributed by atoms with Gasteiger partial charge in [0.2, 0.25) is 0 Å². The molecule has 3 rings (SSSR count). The number of benzene rings is 1. The van der Waals surface area contributed by atoms with E-state index in [1.165, 1.54) is 0 Å². The van der Waals surface area contributed by atoms with Crippen LogP contribution in [0.4, 0.5) is 0 Å². The summed E-state index contributed by atoms with van der Waals surface area (Å²) in [4.78, 5) is 18.0. The molecule has 0 bridgehead atoms. The molecule has 2 fully saturated rings. The minimum Gasteiger partial charge on any atom is -0.335 e. The largest absolute Gasteiger partial charge is 0.335 e. The van der Waals surface area contributed by atoms with Crippen LogP contribution < -0.4 is 5.32 Å². The minimum atomic E-state index is 0.0577. The van der Waals surface area contributed by atoms with Gasteiger partial charge in [-0.2, -0.15) is 0 Å². The molecule has 21 heavy (non-hydrogen) atoms. The smallest absolute Gasteiger partial charge is 0.255 e. The number of piperazine rings is 1. The molecule has 4 nitrogen and oxygen atoms in total. The van der Waals surface area contributed by atoms with Gasteiger partial charge in [-0.3, -0.25) is 9.69 Å². The van der Waals surface area contributed by atoms with Gasteiger partial charge in [0, 0.05) is 50.2 Å². The predicted octanol–water partition coefficient (Wildman–Crippen LogP) is 1.79. The zero-order chi connectivity index (χ0) is 14.8. The predicted molar refractivity (Wildman–Crippen MR) is 87.4 cm³/mol. The third kappa shape index (κ3) is 3.21. The van der Waals surface area contributed by atoms with Crippen LogP contribution in [0.5, 0.6) is 0 Å². The van der Waals surface area contributed by atoms with Crippen LogP contribution in [0.2, 0.25) is 5.02 Å². The third-order valence-electron chi connectivity index (χ3n) is 4.22. The summed E-state index contributed by atoms with van der Waals surface area (Å²) >= 11 is 7.81. The van der Waals surface area contributed by atoms with E-state index < -0.39 is 0 Å². The summed E-state index contributed by atoms with van der Waals surface area (Å²) in [6.07, 6.45) is 2.00. The first-order chi connectivity index (χ1) is 10.2. The number of thioether (sulfide) groups is 1. The highest BCUT2D eigenvalue weighted by Gasteiger charge is 2.36. The van der Waals surface area contributed by atoms with Crippen LogP contribution in [0.15, 0.2) is 23.1 Å². The van der Waals surface area contributed by atoms with Crippen LogP contribution in [0.3, 0.4) is 0 Å². The topological polar surface area (TPSA) is 35.6 Å². The molecule has 1 aromatic carbocycles. The zero-order valence-corrected chi connectivity index (χ0v) is 13.7. The Kier molecular flexibility index (Phi) is 4.74. The van der Waals surface area contributed by atoms with Crippen molar-refractivity contribution in [3.63, 3.8) is 0 Å². The van der Waals surface area contributed by atoms with Gasteiger partial charge in [0.05, 0.1) is 10.6 Å². The highest BCUT2D eigenvalue weighted by atomic mass is 35.5. The molecule has 0 saturated carbocycles. The molecule has 2 aliphatic rings. The second-order valence-corrected chi connectivity index (χ2v) is 6.78. The Morgan fingerprint density at radius 1 is 1.33 bits per heavy atom. The van der Waals surface area contributed by atoms with Crippen molar-refractivity contribution in [1.29, 1.82) is 0 Å². The van der Waals surface area contributed by atoms with Gasteiger partial charge in [-0.15, -0.1) is 11.8 Å². The lowest BCUT2D eigenvalue weighted by molar-refractivity contribution is 0.0227. The maximum atomic E-state index is 12.5. The van der Waals surface area contributed by atoms with Gasteiger partial charge < -0.3 is 10.2 Å². The second kappa shape index (κ2) is 6.57. The number of rotatable bonds is 3. The van der Waals surface area contributed by atoms with Crippen molar-refractivity contribution in [1.82, 2.24) is 15.1 Å². The van der Waals surface area contributed by atoms with E-state index in [0.717, 1.165) is 44.2 Å². The fraction of sp³-hybridized carbons (Fsp3) is 0.533. The molecule has 0 unspecified atom stereocenters. The molecule has 1 N–H and O–H groups in total. The van der Waals surface area contributed by atoms with Gasteiger partial charge in [-0.25, -0.2) is 0 Å². The van der Waals surface area contributed by atoms with Gasteiger partial charge in [0.25, 0.3) is 5.91 Å². The summed E-state index contributed by atoms with van der Waals surface area (Å²) < 4.78 is 0. The van der Waals surface area contributed by atoms with Crippen molar-refractivity contribution < 1.29 is 4.79 Å². The lowest BCUT2D eigenvalue weighted by Crippen LogP contribution is -2.63. The molecule has 0 aromatic heterocycles. The molecule has 0 atom stereocenters.